The summed E-state index contributed by atoms with van der Waals surface area (Å²) in [5, 5.41) is 23.7. The number of ether oxygens (including phenoxy) is 1. The van der Waals surface area contributed by atoms with Crippen molar-refractivity contribution in [2.24, 2.45) is 0 Å². The number of nitrogens with two attached hydrogens (primary N) is 1. The van der Waals surface area contributed by atoms with E-state index in [0.29, 0.717) is 29.0 Å². The highest BCUT2D eigenvalue weighted by molar-refractivity contribution is 5.84. The Morgan fingerprint density at radius 3 is 3.05 bits per heavy atom. The fourth-order valence-electron chi connectivity index (χ4n) is 2.06. The van der Waals surface area contributed by atoms with E-state index in [1.807, 2.05) is 0 Å². The van der Waals surface area contributed by atoms with Gasteiger partial charge < -0.3 is 20.7 Å². The van der Waals surface area contributed by atoms with E-state index in [4.69, 9.17) is 15.6 Å². The summed E-state index contributed by atoms with van der Waals surface area (Å²) in [5.74, 6) is 0.429. The molecule has 3 heterocycles. The summed E-state index contributed by atoms with van der Waals surface area (Å²) in [7, 11) is 0. The number of hydrogen-bond acceptors (Lipinski definition) is 7. The minimum atomic E-state index is -0.642. The van der Waals surface area contributed by atoms with Crippen molar-refractivity contribution in [2.75, 3.05) is 18.9 Å². The van der Waals surface area contributed by atoms with Gasteiger partial charge in [0.25, 0.3) is 0 Å². The molecule has 0 aliphatic carbocycles. The second-order valence-electron chi connectivity index (χ2n) is 4.27. The summed E-state index contributed by atoms with van der Waals surface area (Å²) >= 11 is 0. The first-order valence-corrected chi connectivity index (χ1v) is 5.76. The molecule has 1 atom stereocenters. The van der Waals surface area contributed by atoms with Gasteiger partial charge in [0.15, 0.2) is 5.65 Å². The summed E-state index contributed by atoms with van der Waals surface area (Å²) in [6, 6.07) is 0. The van der Waals surface area contributed by atoms with Crippen LogP contribution in [0.2, 0.25) is 0 Å². The molecule has 2 aromatic heterocycles. The predicted octanol–water partition coefficient (Wildman–Crippen LogP) is -0.388. The number of nitrogen functional groups attached to an aromatic ring is 1. The zero-order valence-corrected chi connectivity index (χ0v) is 10.0. The zero-order valence-electron chi connectivity index (χ0n) is 10.0. The molecule has 0 saturated heterocycles. The lowest BCUT2D eigenvalue weighted by Gasteiger charge is -2.05. The third-order valence-corrected chi connectivity index (χ3v) is 3.10. The standard InChI is InChI=1S/C11H13N5O3/c12-10-7-1-15-16(11(7)14-5-13-10)2-6-4-19-8(3-17)9(6)18/h1,5,8,17-18H,2-4H2,(H2,12,13,14)/t8-/m1/s1. The molecule has 19 heavy (non-hydrogen) atoms. The molecule has 0 saturated carbocycles. The van der Waals surface area contributed by atoms with Crippen molar-refractivity contribution in [1.29, 1.82) is 0 Å². The van der Waals surface area contributed by atoms with Gasteiger partial charge in [0.1, 0.15) is 24.0 Å². The fraction of sp³-hybridized carbons (Fsp3) is 0.364. The number of aromatic nitrogens is 4. The van der Waals surface area contributed by atoms with Gasteiger partial charge in [-0.3, -0.25) is 0 Å². The first-order valence-electron chi connectivity index (χ1n) is 5.76. The molecule has 3 rings (SSSR count). The third-order valence-electron chi connectivity index (χ3n) is 3.10. The molecular weight excluding hydrogens is 250 g/mol. The van der Waals surface area contributed by atoms with Gasteiger partial charge in [0, 0.05) is 5.57 Å². The minimum Gasteiger partial charge on any atom is -0.509 e. The molecular formula is C11H13N5O3. The molecule has 0 aromatic carbocycles. The van der Waals surface area contributed by atoms with E-state index in [9.17, 15) is 5.11 Å². The van der Waals surface area contributed by atoms with Crippen molar-refractivity contribution in [3.63, 3.8) is 0 Å². The molecule has 2 aromatic rings. The van der Waals surface area contributed by atoms with Crippen molar-refractivity contribution in [1.82, 2.24) is 19.7 Å². The molecule has 1 aliphatic rings. The maximum Gasteiger partial charge on any atom is 0.163 e. The smallest absolute Gasteiger partial charge is 0.163 e. The highest BCUT2D eigenvalue weighted by Crippen LogP contribution is 2.22. The van der Waals surface area contributed by atoms with Crippen LogP contribution in [0, 0.1) is 0 Å². The van der Waals surface area contributed by atoms with Crippen LogP contribution in [0.5, 0.6) is 0 Å². The maximum atomic E-state index is 9.87. The molecule has 0 radical (unpaired) electrons. The summed E-state index contributed by atoms with van der Waals surface area (Å²) in [6.45, 7) is 0.353. The highest BCUT2D eigenvalue weighted by atomic mass is 16.5. The van der Waals surface area contributed by atoms with Crippen molar-refractivity contribution < 1.29 is 14.9 Å². The van der Waals surface area contributed by atoms with Gasteiger partial charge in [0.05, 0.1) is 31.3 Å². The van der Waals surface area contributed by atoms with Crippen LogP contribution >= 0.6 is 0 Å². The summed E-state index contributed by atoms with van der Waals surface area (Å²) in [5.41, 5.74) is 6.99. The van der Waals surface area contributed by atoms with Gasteiger partial charge >= 0.3 is 0 Å². The number of rotatable bonds is 3. The number of nitrogens with zero attached hydrogens (tertiary/aromatic N) is 4. The molecule has 0 bridgehead atoms. The Morgan fingerprint density at radius 1 is 1.47 bits per heavy atom. The van der Waals surface area contributed by atoms with Crippen LogP contribution in [0.4, 0.5) is 5.82 Å². The van der Waals surface area contributed by atoms with E-state index >= 15 is 0 Å². The molecule has 100 valence electrons. The van der Waals surface area contributed by atoms with Crippen molar-refractivity contribution >= 4 is 16.9 Å². The van der Waals surface area contributed by atoms with Gasteiger partial charge in [-0.2, -0.15) is 5.10 Å². The van der Waals surface area contributed by atoms with Gasteiger partial charge in [-0.05, 0) is 0 Å². The second kappa shape index (κ2) is 4.48. The number of aliphatic hydroxyl groups excluding tert-OH is 2. The normalized spacial score (nSPS) is 19.5. The molecule has 0 spiro atoms. The number of fused-ring (bicyclic) bond motifs is 1. The molecule has 8 heteroatoms. The number of hydrogen-bond donors (Lipinski definition) is 3. The van der Waals surface area contributed by atoms with E-state index < -0.39 is 6.10 Å². The summed E-state index contributed by atoms with van der Waals surface area (Å²) < 4.78 is 6.85. The molecule has 0 amide bonds. The largest absolute Gasteiger partial charge is 0.509 e. The summed E-state index contributed by atoms with van der Waals surface area (Å²) in [6.07, 6.45) is 2.31. The number of aliphatic hydroxyl groups is 2. The first-order chi connectivity index (χ1) is 9.20. The van der Waals surface area contributed by atoms with Gasteiger partial charge in [-0.1, -0.05) is 0 Å². The van der Waals surface area contributed by atoms with Crippen LogP contribution in [-0.4, -0.2) is 49.3 Å². The quantitative estimate of drug-likeness (QED) is 0.690. The zero-order chi connectivity index (χ0) is 13.4. The van der Waals surface area contributed by atoms with Crippen LogP contribution in [0.3, 0.4) is 0 Å². The molecule has 0 fully saturated rings. The van der Waals surface area contributed by atoms with Crippen LogP contribution < -0.4 is 5.73 Å². The third kappa shape index (κ3) is 1.90. The lowest BCUT2D eigenvalue weighted by molar-refractivity contribution is 0.0475. The van der Waals surface area contributed by atoms with Crippen molar-refractivity contribution in [2.45, 2.75) is 12.6 Å². The van der Waals surface area contributed by atoms with Gasteiger partial charge in [-0.15, -0.1) is 0 Å². The van der Waals surface area contributed by atoms with E-state index in [1.54, 1.807) is 10.9 Å². The monoisotopic (exact) mass is 263 g/mol. The van der Waals surface area contributed by atoms with E-state index in [1.165, 1.54) is 6.33 Å². The SMILES string of the molecule is Nc1ncnc2c1cnn2CC1=C(O)[C@@H](CO)OC1. The summed E-state index contributed by atoms with van der Waals surface area (Å²) in [4.78, 5) is 8.01. The van der Waals surface area contributed by atoms with Crippen LogP contribution in [-0.2, 0) is 11.3 Å². The Kier molecular flexibility index (Phi) is 2.80. The highest BCUT2D eigenvalue weighted by Gasteiger charge is 2.26. The van der Waals surface area contributed by atoms with Crippen molar-refractivity contribution in [3.8, 4) is 0 Å². The van der Waals surface area contributed by atoms with Crippen LogP contribution in [0.15, 0.2) is 23.9 Å². The lowest BCUT2D eigenvalue weighted by atomic mass is 10.2. The predicted molar refractivity (Wildman–Crippen MR) is 66.2 cm³/mol. The minimum absolute atomic E-state index is 0.0631. The lowest BCUT2D eigenvalue weighted by Crippen LogP contribution is -2.14. The second-order valence-corrected chi connectivity index (χ2v) is 4.27. The van der Waals surface area contributed by atoms with Crippen LogP contribution in [0.25, 0.3) is 11.0 Å². The fourth-order valence-corrected chi connectivity index (χ4v) is 2.06. The Balaban J connectivity index is 1.95. The van der Waals surface area contributed by atoms with E-state index in [2.05, 4.69) is 15.1 Å². The van der Waals surface area contributed by atoms with Crippen LogP contribution in [0.1, 0.15) is 0 Å². The first kappa shape index (κ1) is 11.9. The van der Waals surface area contributed by atoms with E-state index in [-0.39, 0.29) is 19.0 Å². The molecule has 8 nitrogen and oxygen atoms in total. The Bertz CT molecular complexity index is 651. The molecule has 0 unspecified atom stereocenters. The maximum absolute atomic E-state index is 9.87. The van der Waals surface area contributed by atoms with E-state index in [0.717, 1.165) is 0 Å². The Hall–Kier alpha value is -2.19. The average Bonchev–Trinajstić information content (AvgIpc) is 2.97. The molecule has 4 N–H and O–H groups in total. The van der Waals surface area contributed by atoms with Gasteiger partial charge in [-0.25, -0.2) is 14.6 Å². The topological polar surface area (TPSA) is 119 Å². The number of anilines is 1. The average molecular weight is 263 g/mol. The van der Waals surface area contributed by atoms with Crippen molar-refractivity contribution in [3.05, 3.63) is 23.9 Å². The van der Waals surface area contributed by atoms with Gasteiger partial charge in [0.2, 0.25) is 0 Å². The Labute approximate surface area is 108 Å². The molecule has 1 aliphatic heterocycles. The Morgan fingerprint density at radius 2 is 2.32 bits per heavy atom.